The van der Waals surface area contributed by atoms with Crippen LogP contribution in [0.1, 0.15) is 309 Å². The van der Waals surface area contributed by atoms with Crippen LogP contribution >= 0.6 is 0 Å². The number of allylic oxidation sites excluding steroid dienone is 8. The summed E-state index contributed by atoms with van der Waals surface area (Å²) in [5.74, 6) is -0.0715. The fourth-order valence-electron chi connectivity index (χ4n) is 9.01. The Morgan fingerprint density at radius 3 is 1.22 bits per heavy atom. The van der Waals surface area contributed by atoms with Crippen LogP contribution in [0, 0.1) is 0 Å². The standard InChI is InChI=1S/C62H115NO5/c1-3-5-7-9-11-13-15-17-19-26-30-34-38-42-46-50-54-60(65)59(58-64)63-61(66)55-51-47-43-39-35-31-27-24-22-21-23-25-29-33-37-41-45-49-53-57-68-62(67)56-52-48-44-40-36-32-28-20-18-16-14-12-10-8-6-4-2/h14,16,20,25,28-29,33,37,59-60,64-65H,3-13,15,17-19,21-24,26-27,30-32,34-36,38-58H2,1-2H3,(H,63,66)/b16-14-,28-20-,29-25-,37-33-. The van der Waals surface area contributed by atoms with Gasteiger partial charge in [-0.25, -0.2) is 0 Å². The van der Waals surface area contributed by atoms with E-state index < -0.39 is 12.1 Å². The molecular formula is C62H115NO5. The van der Waals surface area contributed by atoms with Crippen molar-refractivity contribution in [3.05, 3.63) is 48.6 Å². The van der Waals surface area contributed by atoms with Crippen LogP contribution in [0.4, 0.5) is 0 Å². The summed E-state index contributed by atoms with van der Waals surface area (Å²) in [7, 11) is 0. The van der Waals surface area contributed by atoms with Crippen LogP contribution in [0.15, 0.2) is 48.6 Å². The Morgan fingerprint density at radius 2 is 0.779 bits per heavy atom. The zero-order valence-corrected chi connectivity index (χ0v) is 45.3. The molecule has 0 aliphatic heterocycles. The van der Waals surface area contributed by atoms with E-state index in [-0.39, 0.29) is 18.5 Å². The van der Waals surface area contributed by atoms with Crippen LogP contribution in [-0.2, 0) is 14.3 Å². The molecule has 0 fully saturated rings. The van der Waals surface area contributed by atoms with E-state index in [1.807, 2.05) is 0 Å². The number of esters is 1. The maximum absolute atomic E-state index is 12.5. The normalized spacial score (nSPS) is 12.9. The van der Waals surface area contributed by atoms with Gasteiger partial charge in [-0.05, 0) is 89.9 Å². The second kappa shape index (κ2) is 57.4. The highest BCUT2D eigenvalue weighted by atomic mass is 16.5. The lowest BCUT2D eigenvalue weighted by atomic mass is 10.0. The number of carbonyl (C=O) groups is 2. The molecule has 0 spiro atoms. The summed E-state index contributed by atoms with van der Waals surface area (Å²) in [6.45, 7) is 4.89. The van der Waals surface area contributed by atoms with Crippen molar-refractivity contribution in [2.24, 2.45) is 0 Å². The van der Waals surface area contributed by atoms with Crippen LogP contribution in [0.5, 0.6) is 0 Å². The van der Waals surface area contributed by atoms with E-state index in [1.165, 1.54) is 199 Å². The minimum atomic E-state index is -0.672. The lowest BCUT2D eigenvalue weighted by molar-refractivity contribution is -0.143. The summed E-state index contributed by atoms with van der Waals surface area (Å²) in [5.41, 5.74) is 0. The topological polar surface area (TPSA) is 95.9 Å². The number of rotatable bonds is 55. The molecule has 0 aromatic heterocycles. The molecule has 0 aliphatic rings. The van der Waals surface area contributed by atoms with E-state index in [4.69, 9.17) is 4.74 Å². The van der Waals surface area contributed by atoms with Crippen molar-refractivity contribution in [3.63, 3.8) is 0 Å². The molecule has 0 aromatic carbocycles. The first kappa shape index (κ1) is 65.8. The lowest BCUT2D eigenvalue weighted by Crippen LogP contribution is -2.45. The Hall–Kier alpha value is -2.18. The number of hydrogen-bond acceptors (Lipinski definition) is 5. The Labute approximate surface area is 423 Å². The Kier molecular flexibility index (Phi) is 55.6. The third-order valence-corrected chi connectivity index (χ3v) is 13.6. The second-order valence-corrected chi connectivity index (χ2v) is 20.4. The van der Waals surface area contributed by atoms with E-state index in [1.54, 1.807) is 0 Å². The number of aliphatic hydroxyl groups excluding tert-OH is 2. The van der Waals surface area contributed by atoms with Gasteiger partial charge in [-0.15, -0.1) is 0 Å². The highest BCUT2D eigenvalue weighted by Crippen LogP contribution is 2.17. The van der Waals surface area contributed by atoms with Crippen LogP contribution < -0.4 is 5.32 Å². The van der Waals surface area contributed by atoms with Crippen molar-refractivity contribution in [1.82, 2.24) is 5.32 Å². The third kappa shape index (κ3) is 53.2. The predicted octanol–water partition coefficient (Wildman–Crippen LogP) is 18.6. The van der Waals surface area contributed by atoms with Crippen molar-refractivity contribution in [3.8, 4) is 0 Å². The summed E-state index contributed by atoms with van der Waals surface area (Å²) < 4.78 is 5.45. The van der Waals surface area contributed by atoms with E-state index in [9.17, 15) is 19.8 Å². The molecule has 398 valence electrons. The maximum Gasteiger partial charge on any atom is 0.305 e. The summed E-state index contributed by atoms with van der Waals surface area (Å²) in [6.07, 6.45) is 72.5. The molecule has 0 saturated carbocycles. The van der Waals surface area contributed by atoms with Crippen LogP contribution in [0.2, 0.25) is 0 Å². The van der Waals surface area contributed by atoms with Gasteiger partial charge in [0, 0.05) is 12.8 Å². The number of nitrogens with one attached hydrogen (secondary N) is 1. The first-order chi connectivity index (χ1) is 33.5. The largest absolute Gasteiger partial charge is 0.466 e. The molecule has 0 rings (SSSR count). The van der Waals surface area contributed by atoms with Gasteiger partial charge in [0.1, 0.15) is 0 Å². The van der Waals surface area contributed by atoms with Crippen LogP contribution in [-0.4, -0.2) is 47.4 Å². The van der Waals surface area contributed by atoms with Crippen LogP contribution in [0.3, 0.4) is 0 Å². The molecule has 0 bridgehead atoms. The predicted molar refractivity (Wildman–Crippen MR) is 296 cm³/mol. The van der Waals surface area contributed by atoms with Gasteiger partial charge < -0.3 is 20.3 Å². The molecule has 0 aromatic rings. The summed E-state index contributed by atoms with van der Waals surface area (Å²) >= 11 is 0. The average Bonchev–Trinajstić information content (AvgIpc) is 3.34. The van der Waals surface area contributed by atoms with E-state index in [0.29, 0.717) is 25.9 Å². The highest BCUT2D eigenvalue weighted by Gasteiger charge is 2.20. The van der Waals surface area contributed by atoms with Crippen molar-refractivity contribution in [2.45, 2.75) is 321 Å². The van der Waals surface area contributed by atoms with Crippen molar-refractivity contribution < 1.29 is 24.5 Å². The van der Waals surface area contributed by atoms with E-state index >= 15 is 0 Å². The molecule has 2 unspecified atom stereocenters. The van der Waals surface area contributed by atoms with Gasteiger partial charge in [0.05, 0.1) is 25.4 Å². The molecule has 0 radical (unpaired) electrons. The summed E-state index contributed by atoms with van der Waals surface area (Å²) in [4.78, 5) is 24.5. The highest BCUT2D eigenvalue weighted by molar-refractivity contribution is 5.76. The first-order valence-electron chi connectivity index (χ1n) is 29.9. The quantitative estimate of drug-likeness (QED) is 0.0244. The number of ether oxygens (including phenoxy) is 1. The van der Waals surface area contributed by atoms with Gasteiger partial charge in [-0.1, -0.05) is 255 Å². The second-order valence-electron chi connectivity index (χ2n) is 20.4. The Bertz CT molecular complexity index is 1150. The van der Waals surface area contributed by atoms with Gasteiger partial charge in [0.2, 0.25) is 5.91 Å². The smallest absolute Gasteiger partial charge is 0.305 e. The first-order valence-corrected chi connectivity index (χ1v) is 29.9. The minimum absolute atomic E-state index is 0.0270. The van der Waals surface area contributed by atoms with Gasteiger partial charge in [-0.3, -0.25) is 9.59 Å². The van der Waals surface area contributed by atoms with Gasteiger partial charge >= 0.3 is 5.97 Å². The fourth-order valence-corrected chi connectivity index (χ4v) is 9.01. The molecular weight excluding hydrogens is 839 g/mol. The Balaban J connectivity index is 3.49. The lowest BCUT2D eigenvalue weighted by Gasteiger charge is -2.22. The van der Waals surface area contributed by atoms with Crippen molar-refractivity contribution in [2.75, 3.05) is 13.2 Å². The van der Waals surface area contributed by atoms with E-state index in [2.05, 4.69) is 67.8 Å². The monoisotopic (exact) mass is 954 g/mol. The van der Waals surface area contributed by atoms with Gasteiger partial charge in [0.15, 0.2) is 0 Å². The number of carbonyl (C=O) groups excluding carboxylic acids is 2. The average molecular weight is 955 g/mol. The summed E-state index contributed by atoms with van der Waals surface area (Å²) in [5, 5.41) is 23.3. The maximum atomic E-state index is 12.5. The molecule has 6 nitrogen and oxygen atoms in total. The number of amides is 1. The Morgan fingerprint density at radius 1 is 0.426 bits per heavy atom. The van der Waals surface area contributed by atoms with Crippen molar-refractivity contribution in [1.29, 1.82) is 0 Å². The molecule has 3 N–H and O–H groups in total. The minimum Gasteiger partial charge on any atom is -0.466 e. The van der Waals surface area contributed by atoms with E-state index in [0.717, 1.165) is 77.0 Å². The summed E-state index contributed by atoms with van der Waals surface area (Å²) in [6, 6.07) is -0.550. The molecule has 6 heteroatoms. The molecule has 1 amide bonds. The SMILES string of the molecule is CCCCCC/C=C\C/C=C\CCCCCCCC(=O)OCCCCC/C=C\C=C/CCCCCCCCCCCCC(=O)NC(CO)C(O)CCCCCCCCCCCCCCCCCC. The van der Waals surface area contributed by atoms with Gasteiger partial charge in [-0.2, -0.15) is 0 Å². The molecule has 0 heterocycles. The fraction of sp³-hybridized carbons (Fsp3) is 0.839. The number of unbranched alkanes of at least 4 members (excludes halogenated alkanes) is 37. The zero-order chi connectivity index (χ0) is 49.3. The van der Waals surface area contributed by atoms with Gasteiger partial charge in [0.25, 0.3) is 0 Å². The number of aliphatic hydroxyl groups is 2. The third-order valence-electron chi connectivity index (χ3n) is 13.6. The molecule has 0 aliphatic carbocycles. The van der Waals surface area contributed by atoms with Crippen LogP contribution in [0.25, 0.3) is 0 Å². The molecule has 68 heavy (non-hydrogen) atoms. The molecule has 2 atom stereocenters. The number of hydrogen-bond donors (Lipinski definition) is 3. The van der Waals surface area contributed by atoms with Crippen molar-refractivity contribution >= 4 is 11.9 Å². The zero-order valence-electron chi connectivity index (χ0n) is 45.3. The molecule has 0 saturated heterocycles.